The molecule has 0 saturated carbocycles. The molecule has 0 spiro atoms. The number of amides is 1. The number of aromatic nitrogens is 3. The van der Waals surface area contributed by atoms with Crippen LogP contribution in [0, 0.1) is 0 Å². The molecular formula is C17H21ClN4O3S. The van der Waals surface area contributed by atoms with Gasteiger partial charge in [0.05, 0.1) is 5.75 Å². The zero-order valence-electron chi connectivity index (χ0n) is 14.8. The van der Waals surface area contributed by atoms with E-state index in [4.69, 9.17) is 11.6 Å². The van der Waals surface area contributed by atoms with Gasteiger partial charge in [0.2, 0.25) is 5.91 Å². The van der Waals surface area contributed by atoms with Crippen LogP contribution in [0.3, 0.4) is 0 Å². The molecule has 2 rings (SSSR count). The van der Waals surface area contributed by atoms with Crippen molar-refractivity contribution in [3.05, 3.63) is 41.2 Å². The Morgan fingerprint density at radius 1 is 1.35 bits per heavy atom. The molecule has 7 nitrogen and oxygen atoms in total. The van der Waals surface area contributed by atoms with Gasteiger partial charge in [-0.3, -0.25) is 4.79 Å². The Bertz CT molecular complexity index is 779. The van der Waals surface area contributed by atoms with Crippen LogP contribution >= 0.6 is 23.4 Å². The number of thioether (sulfide) groups is 1. The minimum absolute atomic E-state index is 0.0357. The molecule has 0 aliphatic heterocycles. The summed E-state index contributed by atoms with van der Waals surface area (Å²) in [5.74, 6) is -1.48. The van der Waals surface area contributed by atoms with E-state index in [1.165, 1.54) is 11.8 Å². The lowest BCUT2D eigenvalue weighted by molar-refractivity contribution is -0.148. The third-order valence-corrected chi connectivity index (χ3v) is 5.22. The highest BCUT2D eigenvalue weighted by Gasteiger charge is 2.40. The lowest BCUT2D eigenvalue weighted by atomic mass is 9.87. The molecule has 2 N–H and O–H groups in total. The molecule has 0 bridgehead atoms. The quantitative estimate of drug-likeness (QED) is 0.665. The number of carbonyl (C=O) groups is 2. The van der Waals surface area contributed by atoms with Crippen LogP contribution in [-0.2, 0) is 15.1 Å². The molecule has 1 amide bonds. The molecule has 26 heavy (non-hydrogen) atoms. The monoisotopic (exact) mass is 396 g/mol. The molecule has 1 unspecified atom stereocenters. The fourth-order valence-corrected chi connectivity index (χ4v) is 3.49. The number of rotatable bonds is 8. The van der Waals surface area contributed by atoms with Crippen molar-refractivity contribution in [1.29, 1.82) is 0 Å². The van der Waals surface area contributed by atoms with Crippen LogP contribution in [0.2, 0.25) is 5.02 Å². The third-order valence-electron chi connectivity index (χ3n) is 4.01. The molecule has 0 fully saturated rings. The number of benzene rings is 1. The summed E-state index contributed by atoms with van der Waals surface area (Å²) in [6.07, 6.45) is 1.80. The van der Waals surface area contributed by atoms with Gasteiger partial charge in [-0.1, -0.05) is 42.4 Å². The first kappa shape index (κ1) is 20.3. The van der Waals surface area contributed by atoms with Crippen LogP contribution in [0.5, 0.6) is 0 Å². The van der Waals surface area contributed by atoms with Gasteiger partial charge in [0, 0.05) is 11.1 Å². The lowest BCUT2D eigenvalue weighted by Crippen LogP contribution is -2.52. The molecule has 1 atom stereocenters. The normalized spacial score (nSPS) is 13.4. The second kappa shape index (κ2) is 8.55. The Hall–Kier alpha value is -2.06. The van der Waals surface area contributed by atoms with E-state index in [1.54, 1.807) is 37.5 Å². The number of aliphatic carboxylic acids is 1. The lowest BCUT2D eigenvalue weighted by Gasteiger charge is -2.30. The summed E-state index contributed by atoms with van der Waals surface area (Å²) in [7, 11) is 0. The fourth-order valence-electron chi connectivity index (χ4n) is 2.52. The van der Waals surface area contributed by atoms with Crippen molar-refractivity contribution in [3.8, 4) is 0 Å². The number of hydrogen-bond acceptors (Lipinski definition) is 5. The smallest absolute Gasteiger partial charge is 0.334 e. The summed E-state index contributed by atoms with van der Waals surface area (Å²) in [4.78, 5) is 24.4. The second-order valence-corrected chi connectivity index (χ2v) is 7.40. The third kappa shape index (κ3) is 4.37. The van der Waals surface area contributed by atoms with Crippen molar-refractivity contribution in [1.82, 2.24) is 20.1 Å². The predicted octanol–water partition coefficient (Wildman–Crippen LogP) is 3.11. The summed E-state index contributed by atoms with van der Waals surface area (Å²) < 4.78 is 1.85. The van der Waals surface area contributed by atoms with Gasteiger partial charge in [0.15, 0.2) is 10.7 Å². The van der Waals surface area contributed by atoms with Crippen LogP contribution in [-0.4, -0.2) is 37.5 Å². The highest BCUT2D eigenvalue weighted by molar-refractivity contribution is 7.99. The van der Waals surface area contributed by atoms with Gasteiger partial charge in [-0.2, -0.15) is 0 Å². The predicted molar refractivity (Wildman–Crippen MR) is 100 cm³/mol. The Labute approximate surface area is 161 Å². The Morgan fingerprint density at radius 3 is 2.54 bits per heavy atom. The second-order valence-electron chi connectivity index (χ2n) is 6.02. The number of carboxylic acids is 1. The van der Waals surface area contributed by atoms with Gasteiger partial charge in [-0.15, -0.1) is 10.2 Å². The van der Waals surface area contributed by atoms with Gasteiger partial charge in [0.25, 0.3) is 0 Å². The van der Waals surface area contributed by atoms with E-state index in [9.17, 15) is 14.7 Å². The molecule has 0 aliphatic rings. The van der Waals surface area contributed by atoms with Crippen molar-refractivity contribution < 1.29 is 14.7 Å². The first-order chi connectivity index (χ1) is 12.3. The Balaban J connectivity index is 2.15. The molecule has 140 valence electrons. The van der Waals surface area contributed by atoms with Crippen molar-refractivity contribution in [2.75, 3.05) is 5.75 Å². The highest BCUT2D eigenvalue weighted by atomic mass is 35.5. The topological polar surface area (TPSA) is 97.1 Å². The number of nitrogens with zero attached hydrogens (tertiary/aromatic N) is 3. The van der Waals surface area contributed by atoms with E-state index in [2.05, 4.69) is 15.5 Å². The number of hydrogen-bond donors (Lipinski definition) is 2. The molecule has 1 heterocycles. The van der Waals surface area contributed by atoms with Crippen molar-refractivity contribution >= 4 is 35.2 Å². The minimum Gasteiger partial charge on any atom is -0.479 e. The molecule has 1 aromatic heterocycles. The van der Waals surface area contributed by atoms with Gasteiger partial charge in [-0.25, -0.2) is 4.79 Å². The van der Waals surface area contributed by atoms with Gasteiger partial charge in [0.1, 0.15) is 6.33 Å². The van der Waals surface area contributed by atoms with Crippen molar-refractivity contribution in [2.24, 2.45) is 0 Å². The van der Waals surface area contributed by atoms with E-state index >= 15 is 0 Å². The van der Waals surface area contributed by atoms with Crippen LogP contribution in [0.4, 0.5) is 0 Å². The number of nitrogens with one attached hydrogen (secondary N) is 1. The first-order valence-corrected chi connectivity index (χ1v) is 9.49. The van der Waals surface area contributed by atoms with E-state index in [0.717, 1.165) is 0 Å². The fraction of sp³-hybridized carbons (Fsp3) is 0.412. The number of carbonyl (C=O) groups excluding carboxylic acids is 1. The summed E-state index contributed by atoms with van der Waals surface area (Å²) in [5, 5.41) is 21.4. The van der Waals surface area contributed by atoms with Crippen LogP contribution in [0.15, 0.2) is 35.7 Å². The van der Waals surface area contributed by atoms with E-state index in [1.807, 2.05) is 18.4 Å². The van der Waals surface area contributed by atoms with Crippen molar-refractivity contribution in [3.63, 3.8) is 0 Å². The maximum Gasteiger partial charge on any atom is 0.334 e. The maximum atomic E-state index is 12.5. The van der Waals surface area contributed by atoms with Crippen LogP contribution < -0.4 is 5.32 Å². The largest absolute Gasteiger partial charge is 0.479 e. The minimum atomic E-state index is -1.51. The Kier molecular flexibility index (Phi) is 6.66. The number of carboxylic acid groups (broad SMARTS) is 1. The zero-order chi connectivity index (χ0) is 19.3. The summed E-state index contributed by atoms with van der Waals surface area (Å²) in [6.45, 7) is 5.69. The molecule has 0 aliphatic carbocycles. The van der Waals surface area contributed by atoms with E-state index < -0.39 is 17.4 Å². The Morgan fingerprint density at radius 2 is 2.00 bits per heavy atom. The van der Waals surface area contributed by atoms with Crippen LogP contribution in [0.1, 0.15) is 38.8 Å². The summed E-state index contributed by atoms with van der Waals surface area (Å²) in [5.41, 5.74) is -1.03. The standard InChI is InChI=1S/C17H21ClN4O3S/c1-4-17(15(24)25,12-5-7-13(18)8-6-12)20-14(23)9-26-16-21-19-10-22(16)11(2)3/h5-8,10-11H,4,9H2,1-3H3,(H,20,23)(H,24,25). The summed E-state index contributed by atoms with van der Waals surface area (Å²) >= 11 is 7.10. The molecule has 9 heteroatoms. The zero-order valence-corrected chi connectivity index (χ0v) is 16.3. The van der Waals surface area contributed by atoms with Gasteiger partial charge < -0.3 is 15.0 Å². The van der Waals surface area contributed by atoms with E-state index in [-0.39, 0.29) is 18.2 Å². The van der Waals surface area contributed by atoms with Crippen LogP contribution in [0.25, 0.3) is 0 Å². The summed E-state index contributed by atoms with van der Waals surface area (Å²) in [6, 6.07) is 6.61. The molecule has 1 aromatic carbocycles. The molecule has 0 saturated heterocycles. The van der Waals surface area contributed by atoms with E-state index in [0.29, 0.717) is 15.7 Å². The average Bonchev–Trinajstić information content (AvgIpc) is 3.07. The average molecular weight is 397 g/mol. The first-order valence-electron chi connectivity index (χ1n) is 8.13. The SMILES string of the molecule is CCC(NC(=O)CSc1nncn1C(C)C)(C(=O)O)c1ccc(Cl)cc1. The maximum absolute atomic E-state index is 12.5. The van der Waals surface area contributed by atoms with Gasteiger partial charge >= 0.3 is 5.97 Å². The molecule has 2 aromatic rings. The molecular weight excluding hydrogens is 376 g/mol. The van der Waals surface area contributed by atoms with Gasteiger partial charge in [-0.05, 0) is 38.0 Å². The highest BCUT2D eigenvalue weighted by Crippen LogP contribution is 2.27. The molecule has 0 radical (unpaired) electrons. The number of halogens is 1. The van der Waals surface area contributed by atoms with Crippen molar-refractivity contribution in [2.45, 2.75) is 43.9 Å².